The summed E-state index contributed by atoms with van der Waals surface area (Å²) in [5.41, 5.74) is 0.355. The van der Waals surface area contributed by atoms with Crippen molar-refractivity contribution in [3.63, 3.8) is 0 Å². The maximum absolute atomic E-state index is 12.4. The van der Waals surface area contributed by atoms with Crippen LogP contribution in [0.3, 0.4) is 0 Å². The summed E-state index contributed by atoms with van der Waals surface area (Å²) in [5, 5.41) is 9.56. The number of nitrogens with zero attached hydrogens (tertiary/aromatic N) is 2. The average molecular weight is 341 g/mol. The van der Waals surface area contributed by atoms with Crippen molar-refractivity contribution in [3.05, 3.63) is 28.8 Å². The first kappa shape index (κ1) is 16.8. The summed E-state index contributed by atoms with van der Waals surface area (Å²) >= 11 is 5.93. The van der Waals surface area contributed by atoms with E-state index in [2.05, 4.69) is 0 Å². The lowest BCUT2D eigenvalue weighted by Gasteiger charge is -2.22. The lowest BCUT2D eigenvalue weighted by molar-refractivity contribution is -0.119. The topological polar surface area (TPSA) is 78.2 Å². The highest BCUT2D eigenvalue weighted by Gasteiger charge is 2.47. The van der Waals surface area contributed by atoms with Gasteiger partial charge in [0.15, 0.2) is 0 Å². The SMILES string of the molecule is CN(C(=O)CC1(CS(C)(=O)=O)CC1)c1cc(Cl)ccc1C#N. The molecule has 0 atom stereocenters. The summed E-state index contributed by atoms with van der Waals surface area (Å²) in [6.07, 6.45) is 2.82. The molecule has 0 N–H and O–H groups in total. The molecule has 1 aromatic rings. The summed E-state index contributed by atoms with van der Waals surface area (Å²) in [5.74, 6) is -0.180. The highest BCUT2D eigenvalue weighted by atomic mass is 35.5. The van der Waals surface area contributed by atoms with Crippen LogP contribution in [0, 0.1) is 16.7 Å². The van der Waals surface area contributed by atoms with Crippen molar-refractivity contribution < 1.29 is 13.2 Å². The van der Waals surface area contributed by atoms with Crippen LogP contribution in [0.25, 0.3) is 0 Å². The van der Waals surface area contributed by atoms with E-state index in [0.717, 1.165) is 12.8 Å². The number of nitriles is 1. The van der Waals surface area contributed by atoms with Gasteiger partial charge in [-0.05, 0) is 36.5 Å². The van der Waals surface area contributed by atoms with Gasteiger partial charge in [0, 0.05) is 24.7 Å². The van der Waals surface area contributed by atoms with E-state index in [1.54, 1.807) is 25.2 Å². The average Bonchev–Trinajstić information content (AvgIpc) is 3.14. The maximum atomic E-state index is 12.4. The van der Waals surface area contributed by atoms with Gasteiger partial charge in [-0.3, -0.25) is 4.79 Å². The van der Waals surface area contributed by atoms with Gasteiger partial charge in [0.2, 0.25) is 5.91 Å². The Morgan fingerprint density at radius 1 is 1.45 bits per heavy atom. The predicted molar refractivity (Wildman–Crippen MR) is 85.6 cm³/mol. The minimum atomic E-state index is -3.12. The number of benzene rings is 1. The van der Waals surface area contributed by atoms with Gasteiger partial charge in [-0.1, -0.05) is 11.6 Å². The standard InChI is InChI=1S/C15H17ClN2O3S/c1-18(13-7-12(16)4-3-11(13)9-17)14(19)8-15(5-6-15)10-22(2,20)21/h3-4,7H,5-6,8,10H2,1-2H3. The second-order valence-electron chi connectivity index (χ2n) is 5.97. The molecule has 0 aromatic heterocycles. The molecule has 0 heterocycles. The molecule has 0 bridgehead atoms. The fourth-order valence-electron chi connectivity index (χ4n) is 2.56. The number of amides is 1. The molecule has 0 aliphatic heterocycles. The number of anilines is 1. The molecular formula is C15H17ClN2O3S. The molecule has 1 fully saturated rings. The molecule has 118 valence electrons. The van der Waals surface area contributed by atoms with Gasteiger partial charge >= 0.3 is 0 Å². The highest BCUT2D eigenvalue weighted by molar-refractivity contribution is 7.90. The number of rotatable bonds is 5. The minimum Gasteiger partial charge on any atom is -0.314 e. The Morgan fingerprint density at radius 3 is 2.59 bits per heavy atom. The number of sulfone groups is 1. The van der Waals surface area contributed by atoms with Gasteiger partial charge < -0.3 is 4.90 Å². The number of carbonyl (C=O) groups is 1. The van der Waals surface area contributed by atoms with E-state index in [1.807, 2.05) is 6.07 Å². The van der Waals surface area contributed by atoms with Crippen LogP contribution in [-0.4, -0.2) is 33.4 Å². The van der Waals surface area contributed by atoms with Crippen LogP contribution in [0.4, 0.5) is 5.69 Å². The number of carbonyl (C=O) groups excluding carboxylic acids is 1. The molecule has 1 aliphatic rings. The molecule has 1 aromatic carbocycles. The van der Waals surface area contributed by atoms with Gasteiger partial charge in [0.05, 0.1) is 17.0 Å². The third kappa shape index (κ3) is 3.99. The summed E-state index contributed by atoms with van der Waals surface area (Å²) in [6, 6.07) is 6.74. The van der Waals surface area contributed by atoms with Crippen molar-refractivity contribution in [2.75, 3.05) is 24.0 Å². The molecule has 1 aliphatic carbocycles. The van der Waals surface area contributed by atoms with Gasteiger partial charge in [-0.2, -0.15) is 5.26 Å². The summed E-state index contributed by atoms with van der Waals surface area (Å²) in [4.78, 5) is 13.8. The normalized spacial score (nSPS) is 15.9. The predicted octanol–water partition coefficient (Wildman–Crippen LogP) is 2.39. The highest BCUT2D eigenvalue weighted by Crippen LogP contribution is 2.50. The van der Waals surface area contributed by atoms with Crippen LogP contribution < -0.4 is 4.90 Å². The summed E-state index contributed by atoms with van der Waals surface area (Å²) < 4.78 is 22.9. The first-order valence-electron chi connectivity index (χ1n) is 6.80. The van der Waals surface area contributed by atoms with E-state index in [9.17, 15) is 13.2 Å². The van der Waals surface area contributed by atoms with Crippen LogP contribution in [0.5, 0.6) is 0 Å². The van der Waals surface area contributed by atoms with Crippen LogP contribution in [0.15, 0.2) is 18.2 Å². The molecule has 22 heavy (non-hydrogen) atoms. The smallest absolute Gasteiger partial charge is 0.227 e. The maximum Gasteiger partial charge on any atom is 0.227 e. The zero-order valence-electron chi connectivity index (χ0n) is 12.5. The number of halogens is 1. The molecule has 1 amide bonds. The molecule has 0 spiro atoms. The monoisotopic (exact) mass is 340 g/mol. The van der Waals surface area contributed by atoms with Crippen molar-refractivity contribution in [2.24, 2.45) is 5.41 Å². The lowest BCUT2D eigenvalue weighted by Crippen LogP contribution is -2.31. The van der Waals surface area contributed by atoms with Crippen molar-refractivity contribution in [2.45, 2.75) is 19.3 Å². The third-order valence-corrected chi connectivity index (χ3v) is 5.24. The van der Waals surface area contributed by atoms with Gasteiger partial charge in [-0.15, -0.1) is 0 Å². The zero-order valence-corrected chi connectivity index (χ0v) is 14.0. The van der Waals surface area contributed by atoms with Crippen LogP contribution >= 0.6 is 11.6 Å². The summed E-state index contributed by atoms with van der Waals surface area (Å²) in [7, 11) is -1.54. The molecule has 0 radical (unpaired) electrons. The quantitative estimate of drug-likeness (QED) is 0.824. The van der Waals surface area contributed by atoms with Gasteiger partial charge in [0.1, 0.15) is 15.9 Å². The summed E-state index contributed by atoms with van der Waals surface area (Å²) in [6.45, 7) is 0. The van der Waals surface area contributed by atoms with E-state index < -0.39 is 15.3 Å². The van der Waals surface area contributed by atoms with Crippen LogP contribution in [0.1, 0.15) is 24.8 Å². The van der Waals surface area contributed by atoms with E-state index in [1.165, 1.54) is 11.2 Å². The largest absolute Gasteiger partial charge is 0.314 e. The minimum absolute atomic E-state index is 0.0280. The number of hydrogen-bond donors (Lipinski definition) is 0. The first-order valence-corrected chi connectivity index (χ1v) is 9.24. The first-order chi connectivity index (χ1) is 10.2. The Morgan fingerprint density at radius 2 is 2.09 bits per heavy atom. The van der Waals surface area contributed by atoms with Crippen molar-refractivity contribution in [1.29, 1.82) is 5.26 Å². The Kier molecular flexibility index (Phi) is 4.50. The van der Waals surface area contributed by atoms with E-state index in [4.69, 9.17) is 16.9 Å². The molecule has 2 rings (SSSR count). The molecular weight excluding hydrogens is 324 g/mol. The van der Waals surface area contributed by atoms with Crippen molar-refractivity contribution in [1.82, 2.24) is 0 Å². The second-order valence-corrected chi connectivity index (χ2v) is 8.55. The Labute approximate surface area is 135 Å². The fourth-order valence-corrected chi connectivity index (χ4v) is 4.23. The molecule has 7 heteroatoms. The van der Waals surface area contributed by atoms with Crippen LogP contribution in [-0.2, 0) is 14.6 Å². The lowest BCUT2D eigenvalue weighted by atomic mass is 10.0. The Bertz CT molecular complexity index is 749. The Balaban J connectivity index is 2.17. The van der Waals surface area contributed by atoms with Crippen molar-refractivity contribution in [3.8, 4) is 6.07 Å². The molecule has 0 saturated heterocycles. The fraction of sp³-hybridized carbons (Fsp3) is 0.467. The second kappa shape index (κ2) is 5.90. The number of hydrogen-bond acceptors (Lipinski definition) is 4. The van der Waals surface area contributed by atoms with Crippen LogP contribution in [0.2, 0.25) is 5.02 Å². The van der Waals surface area contributed by atoms with Crippen molar-refractivity contribution >= 4 is 33.0 Å². The molecule has 0 unspecified atom stereocenters. The van der Waals surface area contributed by atoms with E-state index in [-0.39, 0.29) is 18.1 Å². The zero-order chi connectivity index (χ0) is 16.5. The van der Waals surface area contributed by atoms with Gasteiger partial charge in [-0.25, -0.2) is 8.42 Å². The molecule has 5 nitrogen and oxygen atoms in total. The third-order valence-electron chi connectivity index (χ3n) is 3.87. The molecule has 1 saturated carbocycles. The Hall–Kier alpha value is -1.58. The van der Waals surface area contributed by atoms with Gasteiger partial charge in [0.25, 0.3) is 0 Å². The van der Waals surface area contributed by atoms with E-state index in [0.29, 0.717) is 16.3 Å². The van der Waals surface area contributed by atoms with E-state index >= 15 is 0 Å².